The number of benzene rings is 3. The van der Waals surface area contributed by atoms with Crippen LogP contribution in [0, 0.1) is 0 Å². The highest BCUT2D eigenvalue weighted by molar-refractivity contribution is 7.20. The Bertz CT molecular complexity index is 1600. The van der Waals surface area contributed by atoms with Gasteiger partial charge in [-0.15, -0.1) is 5.10 Å². The molecule has 2 aromatic heterocycles. The van der Waals surface area contributed by atoms with Gasteiger partial charge in [0.15, 0.2) is 0 Å². The molecular weight excluding hydrogens is 458 g/mol. The standard InChI is InChI=1S/C27H25N5O2S/c1-4-17-7-5-6-8-22(17)29-26-31-32-25(34)21-14-11-19(15-23(21)30-27(32)35-26)24(33)28-20-12-9-18(10-13-20)16(2)3/h5-16H,4H2,1-3H3,(H,28,33)(H,29,31). The number of hydrogen-bond donors (Lipinski definition) is 2. The number of anilines is 3. The van der Waals surface area contributed by atoms with E-state index >= 15 is 0 Å². The van der Waals surface area contributed by atoms with Crippen molar-refractivity contribution in [2.75, 3.05) is 10.6 Å². The molecule has 0 aliphatic rings. The number of amides is 1. The van der Waals surface area contributed by atoms with Crippen LogP contribution >= 0.6 is 11.3 Å². The van der Waals surface area contributed by atoms with E-state index in [9.17, 15) is 9.59 Å². The van der Waals surface area contributed by atoms with Gasteiger partial charge in [-0.25, -0.2) is 4.98 Å². The van der Waals surface area contributed by atoms with Crippen molar-refractivity contribution in [3.05, 3.63) is 93.8 Å². The third-order valence-corrected chi connectivity index (χ3v) is 6.76. The quantitative estimate of drug-likeness (QED) is 0.310. The molecule has 0 aliphatic carbocycles. The molecule has 0 spiro atoms. The summed E-state index contributed by atoms with van der Waals surface area (Å²) in [7, 11) is 0. The minimum Gasteiger partial charge on any atom is -0.330 e. The van der Waals surface area contributed by atoms with Crippen molar-refractivity contribution in [3.63, 3.8) is 0 Å². The molecule has 0 saturated carbocycles. The second-order valence-electron chi connectivity index (χ2n) is 8.62. The molecule has 2 heterocycles. The van der Waals surface area contributed by atoms with E-state index in [1.54, 1.807) is 18.2 Å². The van der Waals surface area contributed by atoms with Crippen molar-refractivity contribution < 1.29 is 4.79 Å². The van der Waals surface area contributed by atoms with Crippen LogP contribution in [-0.2, 0) is 6.42 Å². The zero-order valence-electron chi connectivity index (χ0n) is 19.7. The van der Waals surface area contributed by atoms with E-state index in [-0.39, 0.29) is 11.5 Å². The van der Waals surface area contributed by atoms with Gasteiger partial charge in [0.2, 0.25) is 10.1 Å². The summed E-state index contributed by atoms with van der Waals surface area (Å²) in [6.07, 6.45) is 0.878. The Hall–Kier alpha value is -4.04. The first-order chi connectivity index (χ1) is 16.9. The molecule has 3 aromatic carbocycles. The van der Waals surface area contributed by atoms with Crippen LogP contribution in [0.3, 0.4) is 0 Å². The van der Waals surface area contributed by atoms with E-state index in [4.69, 9.17) is 0 Å². The number of rotatable bonds is 6. The van der Waals surface area contributed by atoms with E-state index in [1.807, 2.05) is 42.5 Å². The number of carbonyl (C=O) groups is 1. The van der Waals surface area contributed by atoms with Crippen LogP contribution in [0.5, 0.6) is 0 Å². The summed E-state index contributed by atoms with van der Waals surface area (Å²) in [4.78, 5) is 31.0. The molecule has 0 atom stereocenters. The fraction of sp³-hybridized carbons (Fsp3) is 0.185. The van der Waals surface area contributed by atoms with Gasteiger partial charge >= 0.3 is 0 Å². The van der Waals surface area contributed by atoms with Crippen LogP contribution in [0.4, 0.5) is 16.5 Å². The summed E-state index contributed by atoms with van der Waals surface area (Å²) < 4.78 is 1.31. The van der Waals surface area contributed by atoms with Crippen molar-refractivity contribution in [1.29, 1.82) is 0 Å². The maximum Gasteiger partial charge on any atom is 0.283 e. The molecule has 8 heteroatoms. The number of nitrogens with zero attached hydrogens (tertiary/aromatic N) is 3. The Morgan fingerprint density at radius 2 is 1.83 bits per heavy atom. The van der Waals surface area contributed by atoms with Gasteiger partial charge in [0, 0.05) is 16.9 Å². The predicted molar refractivity (Wildman–Crippen MR) is 142 cm³/mol. The van der Waals surface area contributed by atoms with Crippen molar-refractivity contribution in [2.45, 2.75) is 33.1 Å². The van der Waals surface area contributed by atoms with Gasteiger partial charge < -0.3 is 10.6 Å². The highest BCUT2D eigenvalue weighted by Gasteiger charge is 2.14. The number of fused-ring (bicyclic) bond motifs is 2. The lowest BCUT2D eigenvalue weighted by Crippen LogP contribution is -2.16. The lowest BCUT2D eigenvalue weighted by molar-refractivity contribution is 0.102. The summed E-state index contributed by atoms with van der Waals surface area (Å²) in [5.41, 5.74) is 4.66. The van der Waals surface area contributed by atoms with Gasteiger partial charge in [-0.3, -0.25) is 9.59 Å². The average Bonchev–Trinajstić information content (AvgIpc) is 3.27. The number of para-hydroxylation sites is 1. The molecule has 0 bridgehead atoms. The van der Waals surface area contributed by atoms with E-state index in [0.717, 1.165) is 17.7 Å². The van der Waals surface area contributed by atoms with Gasteiger partial charge in [-0.05, 0) is 59.9 Å². The summed E-state index contributed by atoms with van der Waals surface area (Å²) in [6, 6.07) is 20.7. The molecule has 5 rings (SSSR count). The fourth-order valence-corrected chi connectivity index (χ4v) is 4.73. The first-order valence-corrected chi connectivity index (χ1v) is 12.3. The smallest absolute Gasteiger partial charge is 0.283 e. The minimum atomic E-state index is -0.269. The SMILES string of the molecule is CCc1ccccc1Nc1nn2c(=O)c3ccc(C(=O)Nc4ccc(C(C)C)cc4)cc3nc2s1. The maximum absolute atomic E-state index is 13.1. The van der Waals surface area contributed by atoms with Crippen LogP contribution < -0.4 is 16.2 Å². The van der Waals surface area contributed by atoms with E-state index in [1.165, 1.54) is 21.4 Å². The highest BCUT2D eigenvalue weighted by Crippen LogP contribution is 2.26. The third kappa shape index (κ3) is 4.52. The predicted octanol–water partition coefficient (Wildman–Crippen LogP) is 5.99. The number of carbonyl (C=O) groups excluding carboxylic acids is 1. The van der Waals surface area contributed by atoms with Gasteiger partial charge in [0.1, 0.15) is 0 Å². The molecule has 0 unspecified atom stereocenters. The molecule has 0 radical (unpaired) electrons. The van der Waals surface area contributed by atoms with E-state index in [0.29, 0.717) is 38.2 Å². The Labute approximate surface area is 206 Å². The molecule has 0 aliphatic heterocycles. The second-order valence-corrected chi connectivity index (χ2v) is 9.57. The Balaban J connectivity index is 1.45. The van der Waals surface area contributed by atoms with Crippen LogP contribution in [0.25, 0.3) is 15.9 Å². The lowest BCUT2D eigenvalue weighted by Gasteiger charge is -2.09. The highest BCUT2D eigenvalue weighted by atomic mass is 32.1. The number of hydrogen-bond acceptors (Lipinski definition) is 6. The monoisotopic (exact) mass is 483 g/mol. The van der Waals surface area contributed by atoms with E-state index in [2.05, 4.69) is 47.6 Å². The number of aryl methyl sites for hydroxylation is 1. The topological polar surface area (TPSA) is 88.4 Å². The Morgan fingerprint density at radius 1 is 1.06 bits per heavy atom. The van der Waals surface area contributed by atoms with Gasteiger partial charge in [0.25, 0.3) is 11.5 Å². The molecule has 2 N–H and O–H groups in total. The van der Waals surface area contributed by atoms with Crippen molar-refractivity contribution in [2.24, 2.45) is 0 Å². The second kappa shape index (κ2) is 9.31. The Kier molecular flexibility index (Phi) is 6.05. The molecule has 7 nitrogen and oxygen atoms in total. The lowest BCUT2D eigenvalue weighted by atomic mass is 10.0. The van der Waals surface area contributed by atoms with Gasteiger partial charge in [-0.2, -0.15) is 4.52 Å². The van der Waals surface area contributed by atoms with Crippen molar-refractivity contribution in [3.8, 4) is 0 Å². The zero-order chi connectivity index (χ0) is 24.5. The largest absolute Gasteiger partial charge is 0.330 e. The summed E-state index contributed by atoms with van der Waals surface area (Å²) in [5, 5.41) is 11.6. The molecule has 35 heavy (non-hydrogen) atoms. The van der Waals surface area contributed by atoms with E-state index < -0.39 is 0 Å². The molecule has 0 saturated heterocycles. The Morgan fingerprint density at radius 3 is 2.57 bits per heavy atom. The van der Waals surface area contributed by atoms with Crippen molar-refractivity contribution in [1.82, 2.24) is 14.6 Å². The van der Waals surface area contributed by atoms with Crippen LogP contribution in [0.1, 0.15) is 48.2 Å². The van der Waals surface area contributed by atoms with Crippen LogP contribution in [0.15, 0.2) is 71.5 Å². The normalized spacial score (nSPS) is 11.3. The third-order valence-electron chi connectivity index (χ3n) is 5.93. The van der Waals surface area contributed by atoms with Gasteiger partial charge in [-0.1, -0.05) is 62.4 Å². The van der Waals surface area contributed by atoms with Crippen LogP contribution in [-0.4, -0.2) is 20.5 Å². The first kappa shape index (κ1) is 22.7. The fourth-order valence-electron chi connectivity index (χ4n) is 3.92. The molecule has 1 amide bonds. The zero-order valence-corrected chi connectivity index (χ0v) is 20.5. The number of aromatic nitrogens is 3. The molecular formula is C27H25N5O2S. The maximum atomic E-state index is 13.1. The van der Waals surface area contributed by atoms with Crippen molar-refractivity contribution >= 4 is 49.6 Å². The first-order valence-electron chi connectivity index (χ1n) is 11.5. The summed E-state index contributed by atoms with van der Waals surface area (Å²) >= 11 is 1.29. The van der Waals surface area contributed by atoms with Gasteiger partial charge in [0.05, 0.1) is 10.9 Å². The minimum absolute atomic E-state index is 0.256. The average molecular weight is 484 g/mol. The summed E-state index contributed by atoms with van der Waals surface area (Å²) in [5.74, 6) is 0.167. The van der Waals surface area contributed by atoms with Crippen LogP contribution in [0.2, 0.25) is 0 Å². The molecule has 176 valence electrons. The summed E-state index contributed by atoms with van der Waals surface area (Å²) in [6.45, 7) is 6.34. The molecule has 5 aromatic rings. The number of nitrogens with one attached hydrogen (secondary N) is 2. The molecule has 0 fully saturated rings.